The van der Waals surface area contributed by atoms with Crippen LogP contribution in [0.2, 0.25) is 0 Å². The summed E-state index contributed by atoms with van der Waals surface area (Å²) in [5.41, 5.74) is 14.7. The Morgan fingerprint density at radius 3 is 1.12 bits per heavy atom. The van der Waals surface area contributed by atoms with E-state index < -0.39 is 15.6 Å². The lowest BCUT2D eigenvalue weighted by atomic mass is 9.82. The summed E-state index contributed by atoms with van der Waals surface area (Å²) in [6.07, 6.45) is 0. The van der Waals surface area contributed by atoms with Crippen molar-refractivity contribution in [1.82, 2.24) is 0 Å². The third-order valence-electron chi connectivity index (χ3n) is 8.30. The molecule has 258 valence electrons. The number of aromatic hydroxyl groups is 1. The van der Waals surface area contributed by atoms with Gasteiger partial charge in [0.15, 0.2) is 0 Å². The van der Waals surface area contributed by atoms with Crippen molar-refractivity contribution in [3.63, 3.8) is 0 Å². The quantitative estimate of drug-likeness (QED) is 0.104. The molecule has 5 aromatic rings. The van der Waals surface area contributed by atoms with Crippen LogP contribution >= 0.6 is 15.6 Å². The SMILES string of the molecule is Cc1cccc(C)c1Oc1c(-c2c(C)cccc2C)cc(O)c(-c2c(C)cccc2C)c1-c1c(C)cccc1C.O=P(O)(O)OP(=O)(O)O. The number of hydrogen-bond donors (Lipinski definition) is 5. The van der Waals surface area contributed by atoms with Gasteiger partial charge in [0.25, 0.3) is 0 Å². The molecule has 0 aliphatic rings. The molecule has 0 aliphatic heterocycles. The molecular formula is C38H42O9P2. The molecular weight excluding hydrogens is 662 g/mol. The molecule has 5 rings (SSSR count). The molecule has 0 amide bonds. The maximum absolute atomic E-state index is 12.0. The van der Waals surface area contributed by atoms with Gasteiger partial charge in [-0.25, -0.2) is 9.13 Å². The third kappa shape index (κ3) is 8.77. The zero-order valence-corrected chi connectivity index (χ0v) is 30.6. The Bertz CT molecular complexity index is 2030. The molecule has 0 atom stereocenters. The Hall–Kier alpha value is -4.04. The van der Waals surface area contributed by atoms with Gasteiger partial charge in [0.05, 0.1) is 0 Å². The van der Waals surface area contributed by atoms with E-state index in [1.165, 1.54) is 0 Å². The number of phosphoric acid groups is 2. The van der Waals surface area contributed by atoms with E-state index in [2.05, 4.69) is 132 Å². The van der Waals surface area contributed by atoms with Crippen molar-refractivity contribution in [3.05, 3.63) is 123 Å². The van der Waals surface area contributed by atoms with Gasteiger partial charge < -0.3 is 29.4 Å². The van der Waals surface area contributed by atoms with Crippen LogP contribution in [0.3, 0.4) is 0 Å². The summed E-state index contributed by atoms with van der Waals surface area (Å²) in [4.78, 5) is 31.0. The van der Waals surface area contributed by atoms with Gasteiger partial charge in [0.1, 0.15) is 17.2 Å². The lowest BCUT2D eigenvalue weighted by molar-refractivity contribution is 0.225. The average Bonchev–Trinajstić information content (AvgIpc) is 2.95. The van der Waals surface area contributed by atoms with Crippen molar-refractivity contribution < 1.29 is 42.9 Å². The van der Waals surface area contributed by atoms with Crippen LogP contribution in [0, 0.1) is 55.4 Å². The first-order valence-corrected chi connectivity index (χ1v) is 18.5. The van der Waals surface area contributed by atoms with E-state index in [-0.39, 0.29) is 5.75 Å². The van der Waals surface area contributed by atoms with Gasteiger partial charge in [0, 0.05) is 16.7 Å². The standard InChI is InChI=1S/C38H38O2.H4O7P2/c1-22-13-9-14-23(2)32(22)30-21-31(39)35(33-24(3)15-10-16-25(33)4)36(34-26(5)17-11-18-27(34)6)38(30)40-37-28(7)19-12-20-29(37)8;1-8(2,3)7-9(4,5)6/h9-21,39H,1-8H3;(H2,1,2,3)(H2,4,5,6). The zero-order valence-electron chi connectivity index (χ0n) is 28.8. The molecule has 0 spiro atoms. The largest absolute Gasteiger partial charge is 0.507 e. The number of phenolic OH excluding ortho intramolecular Hbond substituents is 1. The minimum atomic E-state index is -5.05. The summed E-state index contributed by atoms with van der Waals surface area (Å²) in [7, 11) is -10.1. The maximum atomic E-state index is 12.0. The lowest BCUT2D eigenvalue weighted by Crippen LogP contribution is -2.03. The van der Waals surface area contributed by atoms with E-state index in [4.69, 9.17) is 24.3 Å². The highest BCUT2D eigenvalue weighted by Gasteiger charge is 2.29. The van der Waals surface area contributed by atoms with Gasteiger partial charge in [-0.1, -0.05) is 72.8 Å². The topological polar surface area (TPSA) is 154 Å². The molecule has 0 heterocycles. The molecule has 0 fully saturated rings. The Labute approximate surface area is 287 Å². The smallest absolute Gasteiger partial charge is 0.478 e. The highest BCUT2D eigenvalue weighted by Crippen LogP contribution is 2.55. The Balaban J connectivity index is 0.000000529. The Kier molecular flexibility index (Phi) is 11.4. The number of phenols is 1. The van der Waals surface area contributed by atoms with Crippen molar-refractivity contribution >= 4 is 15.6 Å². The monoisotopic (exact) mass is 704 g/mol. The number of benzene rings is 5. The van der Waals surface area contributed by atoms with E-state index in [1.807, 2.05) is 6.07 Å². The Morgan fingerprint density at radius 1 is 0.449 bits per heavy atom. The predicted octanol–water partition coefficient (Wildman–Crippen LogP) is 9.84. The molecule has 0 unspecified atom stereocenters. The fourth-order valence-electron chi connectivity index (χ4n) is 6.29. The molecule has 0 radical (unpaired) electrons. The summed E-state index contributed by atoms with van der Waals surface area (Å²) < 4.78 is 29.3. The van der Waals surface area contributed by atoms with Crippen LogP contribution in [-0.2, 0) is 13.4 Å². The molecule has 5 aromatic carbocycles. The number of aryl methyl sites for hydroxylation is 8. The minimum Gasteiger partial charge on any atom is -0.507 e. The van der Waals surface area contributed by atoms with Gasteiger partial charge in [-0.15, -0.1) is 0 Å². The van der Waals surface area contributed by atoms with Crippen LogP contribution in [0.1, 0.15) is 44.5 Å². The number of ether oxygens (including phenoxy) is 1. The summed E-state index contributed by atoms with van der Waals surface area (Å²) in [5.74, 6) is 1.87. The Morgan fingerprint density at radius 2 is 0.776 bits per heavy atom. The van der Waals surface area contributed by atoms with Crippen LogP contribution in [0.25, 0.3) is 33.4 Å². The van der Waals surface area contributed by atoms with E-state index in [0.717, 1.165) is 89.4 Å². The second-order valence-electron chi connectivity index (χ2n) is 12.2. The average molecular weight is 705 g/mol. The highest BCUT2D eigenvalue weighted by atomic mass is 31.3. The first-order chi connectivity index (χ1) is 22.8. The molecule has 9 nitrogen and oxygen atoms in total. The maximum Gasteiger partial charge on any atom is 0.478 e. The molecule has 0 aliphatic carbocycles. The zero-order chi connectivity index (χ0) is 36.4. The van der Waals surface area contributed by atoms with E-state index >= 15 is 0 Å². The molecule has 0 bridgehead atoms. The molecule has 5 N–H and O–H groups in total. The number of rotatable bonds is 7. The van der Waals surface area contributed by atoms with Crippen molar-refractivity contribution in [2.24, 2.45) is 0 Å². The summed E-state index contributed by atoms with van der Waals surface area (Å²) in [6.45, 7) is 16.9. The highest BCUT2D eigenvalue weighted by molar-refractivity contribution is 7.60. The molecule has 0 aromatic heterocycles. The fraction of sp³-hybridized carbons (Fsp3) is 0.211. The van der Waals surface area contributed by atoms with Crippen LogP contribution in [0.15, 0.2) is 78.9 Å². The van der Waals surface area contributed by atoms with Crippen LogP contribution in [0.4, 0.5) is 0 Å². The van der Waals surface area contributed by atoms with E-state index in [0.29, 0.717) is 0 Å². The van der Waals surface area contributed by atoms with E-state index in [9.17, 15) is 14.2 Å². The molecule has 0 saturated carbocycles. The normalized spacial score (nSPS) is 11.6. The minimum absolute atomic E-state index is 0.251. The first kappa shape index (κ1) is 37.8. The number of para-hydroxylation sites is 1. The second-order valence-corrected chi connectivity index (χ2v) is 14.8. The van der Waals surface area contributed by atoms with Gasteiger partial charge in [0.2, 0.25) is 0 Å². The van der Waals surface area contributed by atoms with Crippen LogP contribution < -0.4 is 4.74 Å². The van der Waals surface area contributed by atoms with Crippen molar-refractivity contribution in [1.29, 1.82) is 0 Å². The van der Waals surface area contributed by atoms with Crippen LogP contribution in [0.5, 0.6) is 17.2 Å². The summed E-state index contributed by atoms with van der Waals surface area (Å²) in [6, 6.07) is 27.2. The summed E-state index contributed by atoms with van der Waals surface area (Å²) in [5, 5.41) is 12.0. The second kappa shape index (κ2) is 14.8. The fourth-order valence-corrected chi connectivity index (χ4v) is 7.40. The molecule has 0 saturated heterocycles. The molecule has 49 heavy (non-hydrogen) atoms. The predicted molar refractivity (Wildman–Crippen MR) is 194 cm³/mol. The number of hydrogen-bond acceptors (Lipinski definition) is 5. The summed E-state index contributed by atoms with van der Waals surface area (Å²) >= 11 is 0. The molecule has 11 heteroatoms. The third-order valence-corrected chi connectivity index (χ3v) is 10.00. The van der Waals surface area contributed by atoms with Gasteiger partial charge in [-0.2, -0.15) is 4.31 Å². The van der Waals surface area contributed by atoms with Gasteiger partial charge in [-0.3, -0.25) is 0 Å². The van der Waals surface area contributed by atoms with E-state index in [1.54, 1.807) is 0 Å². The van der Waals surface area contributed by atoms with Crippen molar-refractivity contribution in [2.75, 3.05) is 0 Å². The van der Waals surface area contributed by atoms with Gasteiger partial charge >= 0.3 is 15.6 Å². The van der Waals surface area contributed by atoms with Crippen molar-refractivity contribution in [2.45, 2.75) is 55.4 Å². The lowest BCUT2D eigenvalue weighted by Gasteiger charge is -2.26. The van der Waals surface area contributed by atoms with Gasteiger partial charge in [-0.05, 0) is 123 Å². The van der Waals surface area contributed by atoms with Crippen molar-refractivity contribution in [3.8, 4) is 50.6 Å². The van der Waals surface area contributed by atoms with Crippen LogP contribution in [-0.4, -0.2) is 24.7 Å². The first-order valence-electron chi connectivity index (χ1n) is 15.5.